The fraction of sp³-hybridized carbons (Fsp3) is 0.675. The molecule has 0 unspecified atom stereocenters. The van der Waals surface area contributed by atoms with E-state index in [1.807, 2.05) is 12.1 Å². The maximum atomic E-state index is 13.8. The topological polar surface area (TPSA) is 66.8 Å². The van der Waals surface area contributed by atoms with Crippen molar-refractivity contribution in [1.29, 1.82) is 0 Å². The summed E-state index contributed by atoms with van der Waals surface area (Å²) in [5.74, 6) is 1.70. The van der Waals surface area contributed by atoms with Gasteiger partial charge in [0, 0.05) is 12.5 Å². The smallest absolute Gasteiger partial charge is 0.161 e. The molecule has 44 heavy (non-hydrogen) atoms. The van der Waals surface area contributed by atoms with Crippen LogP contribution in [0.25, 0.3) is 6.08 Å². The maximum absolute atomic E-state index is 13.8. The summed E-state index contributed by atoms with van der Waals surface area (Å²) in [7, 11) is 1.54. The molecule has 3 fully saturated rings. The zero-order valence-electron chi connectivity index (χ0n) is 28.6. The lowest BCUT2D eigenvalue weighted by molar-refractivity contribution is -0.149. The van der Waals surface area contributed by atoms with Gasteiger partial charge in [-0.3, -0.25) is 4.79 Å². The van der Waals surface area contributed by atoms with Crippen LogP contribution in [-0.2, 0) is 4.79 Å². The number of methoxy groups -OCH3 is 1. The first-order valence-electron chi connectivity index (χ1n) is 17.2. The van der Waals surface area contributed by atoms with Crippen LogP contribution in [-0.4, -0.2) is 29.7 Å². The molecule has 3 saturated carbocycles. The third-order valence-electron chi connectivity index (χ3n) is 14.7. The summed E-state index contributed by atoms with van der Waals surface area (Å²) < 4.78 is 5.26. The standard InChI is InChI=1S/C40H56O4/c1-35(2)29(30(42)12-9-26-10-13-31(43)32(23-26)44-8)15-17-38(5)27-16-18-40(7)34-24-36(3,25-41)19-20-37(34,4)21-22-39(40,6)28(27)11-14-33(35)38/h9-13,16,23,29,33-34,41,43H,14-15,17-22,24-25H2,1-8H3/b12-9+/t29-,33+,34-,36-,37-,38-,39-,40+/m1/s1. The van der Waals surface area contributed by atoms with Crippen molar-refractivity contribution in [2.75, 3.05) is 13.7 Å². The Morgan fingerprint density at radius 2 is 1.68 bits per heavy atom. The molecule has 0 aliphatic heterocycles. The van der Waals surface area contributed by atoms with Gasteiger partial charge >= 0.3 is 0 Å². The van der Waals surface area contributed by atoms with E-state index in [1.165, 1.54) is 26.4 Å². The third-order valence-corrected chi connectivity index (χ3v) is 14.7. The molecule has 8 atom stereocenters. The molecular formula is C40H56O4. The largest absolute Gasteiger partial charge is 0.504 e. The number of carbonyl (C=O) groups is 1. The van der Waals surface area contributed by atoms with Crippen molar-refractivity contribution in [3.05, 3.63) is 53.1 Å². The fourth-order valence-corrected chi connectivity index (χ4v) is 11.4. The van der Waals surface area contributed by atoms with Gasteiger partial charge in [-0.1, -0.05) is 72.8 Å². The number of allylic oxidation sites excluding steroid dienone is 5. The Bertz CT molecular complexity index is 1430. The van der Waals surface area contributed by atoms with Crippen molar-refractivity contribution >= 4 is 11.9 Å². The van der Waals surface area contributed by atoms with E-state index in [2.05, 4.69) is 60.6 Å². The lowest BCUT2D eigenvalue weighted by Crippen LogP contribution is -2.61. The number of aliphatic hydroxyl groups is 1. The first-order chi connectivity index (χ1) is 20.6. The van der Waals surface area contributed by atoms with Crippen LogP contribution in [0.4, 0.5) is 0 Å². The predicted octanol–water partition coefficient (Wildman–Crippen LogP) is 9.31. The number of hydrogen-bond acceptors (Lipinski definition) is 4. The first-order valence-corrected chi connectivity index (χ1v) is 17.2. The van der Waals surface area contributed by atoms with Crippen LogP contribution in [0.5, 0.6) is 11.5 Å². The van der Waals surface area contributed by atoms with E-state index in [-0.39, 0.29) is 44.5 Å². The number of carbonyl (C=O) groups excluding carboxylic acids is 1. The Balaban J connectivity index is 1.29. The fourth-order valence-electron chi connectivity index (χ4n) is 11.4. The molecule has 5 aliphatic rings. The van der Waals surface area contributed by atoms with Crippen LogP contribution in [0.1, 0.15) is 112 Å². The Morgan fingerprint density at radius 1 is 0.955 bits per heavy atom. The summed E-state index contributed by atoms with van der Waals surface area (Å²) in [6.07, 6.45) is 19.0. The molecule has 0 radical (unpaired) electrons. The minimum atomic E-state index is -0.136. The normalized spacial score (nSPS) is 42.7. The van der Waals surface area contributed by atoms with Crippen molar-refractivity contribution in [3.63, 3.8) is 0 Å². The highest BCUT2D eigenvalue weighted by Crippen LogP contribution is 2.74. The SMILES string of the molecule is COc1cc(/C=C/C(=O)[C@H]2CC[C@]3(C)C4=CC[C@@]5(C)[C@@H]6C[C@](C)(CO)CC[C@]6(C)CC[C@]5(C)C4=CC[C@H]3C2(C)C)ccc1O. The lowest BCUT2D eigenvalue weighted by atomic mass is 9.35. The molecule has 0 spiro atoms. The number of ether oxygens (including phenoxy) is 1. The number of rotatable bonds is 5. The average Bonchev–Trinajstić information content (AvgIpc) is 2.98. The number of phenols is 1. The van der Waals surface area contributed by atoms with Crippen LogP contribution in [0.2, 0.25) is 0 Å². The molecule has 2 N–H and O–H groups in total. The number of aliphatic hydroxyl groups excluding tert-OH is 1. The van der Waals surface area contributed by atoms with Crippen molar-refractivity contribution in [3.8, 4) is 11.5 Å². The summed E-state index contributed by atoms with van der Waals surface area (Å²) in [6.45, 7) is 17.5. The number of hydrogen-bond donors (Lipinski definition) is 2. The molecule has 1 aromatic carbocycles. The molecule has 0 heterocycles. The molecule has 0 aromatic heterocycles. The Hall–Kier alpha value is -2.33. The van der Waals surface area contributed by atoms with Gasteiger partial charge in [0.05, 0.1) is 7.11 Å². The second kappa shape index (κ2) is 10.3. The van der Waals surface area contributed by atoms with Crippen molar-refractivity contribution < 1.29 is 19.7 Å². The average molecular weight is 601 g/mol. The van der Waals surface area contributed by atoms with Gasteiger partial charge in [0.2, 0.25) is 0 Å². The highest BCUT2D eigenvalue weighted by Gasteiger charge is 2.66. The zero-order chi connectivity index (χ0) is 31.9. The van der Waals surface area contributed by atoms with Crippen LogP contribution in [0, 0.1) is 50.2 Å². The molecule has 240 valence electrons. The molecule has 6 rings (SSSR count). The summed E-state index contributed by atoms with van der Waals surface area (Å²) in [5, 5.41) is 20.3. The molecular weight excluding hydrogens is 544 g/mol. The third kappa shape index (κ3) is 4.43. The number of aromatic hydroxyl groups is 1. The van der Waals surface area contributed by atoms with Crippen molar-refractivity contribution in [2.45, 2.75) is 106 Å². The zero-order valence-corrected chi connectivity index (χ0v) is 28.6. The van der Waals surface area contributed by atoms with Crippen LogP contribution in [0.3, 0.4) is 0 Å². The second-order valence-electron chi connectivity index (χ2n) is 17.4. The molecule has 0 bridgehead atoms. The highest BCUT2D eigenvalue weighted by molar-refractivity contribution is 5.96. The van der Waals surface area contributed by atoms with Gasteiger partial charge < -0.3 is 14.9 Å². The van der Waals surface area contributed by atoms with Gasteiger partial charge in [-0.2, -0.15) is 0 Å². The van der Waals surface area contributed by atoms with E-state index in [1.54, 1.807) is 29.4 Å². The van der Waals surface area contributed by atoms with E-state index in [4.69, 9.17) is 4.74 Å². The molecule has 4 heteroatoms. The predicted molar refractivity (Wildman–Crippen MR) is 178 cm³/mol. The molecule has 5 aliphatic carbocycles. The molecule has 1 aromatic rings. The van der Waals surface area contributed by atoms with Gasteiger partial charge in [0.1, 0.15) is 0 Å². The van der Waals surface area contributed by atoms with Gasteiger partial charge in [-0.25, -0.2) is 0 Å². The Morgan fingerprint density at radius 3 is 2.39 bits per heavy atom. The first kappa shape index (κ1) is 31.6. The van der Waals surface area contributed by atoms with Gasteiger partial charge in [0.25, 0.3) is 0 Å². The van der Waals surface area contributed by atoms with Crippen molar-refractivity contribution in [2.24, 2.45) is 50.2 Å². The van der Waals surface area contributed by atoms with E-state index < -0.39 is 0 Å². The molecule has 4 nitrogen and oxygen atoms in total. The number of ketones is 1. The summed E-state index contributed by atoms with van der Waals surface area (Å²) >= 11 is 0. The second-order valence-corrected chi connectivity index (χ2v) is 17.4. The van der Waals surface area contributed by atoms with Gasteiger partial charge in [-0.05, 0) is 137 Å². The van der Waals surface area contributed by atoms with Gasteiger partial charge in [0.15, 0.2) is 17.3 Å². The van der Waals surface area contributed by atoms with Crippen molar-refractivity contribution in [1.82, 2.24) is 0 Å². The number of fused-ring (bicyclic) bond motifs is 7. The van der Waals surface area contributed by atoms with E-state index in [0.29, 0.717) is 29.6 Å². The summed E-state index contributed by atoms with van der Waals surface area (Å²) in [6, 6.07) is 5.19. The summed E-state index contributed by atoms with van der Waals surface area (Å²) in [4.78, 5) is 13.8. The van der Waals surface area contributed by atoms with Crippen LogP contribution >= 0.6 is 0 Å². The van der Waals surface area contributed by atoms with Crippen LogP contribution in [0.15, 0.2) is 47.6 Å². The minimum Gasteiger partial charge on any atom is -0.504 e. The Kier molecular flexibility index (Phi) is 7.44. The molecule has 0 amide bonds. The molecule has 0 saturated heterocycles. The quantitative estimate of drug-likeness (QED) is 0.331. The number of benzene rings is 1. The van der Waals surface area contributed by atoms with E-state index in [0.717, 1.165) is 44.1 Å². The van der Waals surface area contributed by atoms with Crippen LogP contribution < -0.4 is 4.74 Å². The lowest BCUT2D eigenvalue weighted by Gasteiger charge is -2.69. The minimum absolute atomic E-state index is 0.0235. The highest BCUT2D eigenvalue weighted by atomic mass is 16.5. The monoisotopic (exact) mass is 600 g/mol. The van der Waals surface area contributed by atoms with E-state index >= 15 is 0 Å². The van der Waals surface area contributed by atoms with E-state index in [9.17, 15) is 15.0 Å². The Labute approximate surface area is 266 Å². The summed E-state index contributed by atoms with van der Waals surface area (Å²) in [5.41, 5.74) is 4.68. The number of phenolic OH excluding ortho intramolecular Hbond substituents is 1. The maximum Gasteiger partial charge on any atom is 0.161 e. The van der Waals surface area contributed by atoms with Gasteiger partial charge in [-0.15, -0.1) is 0 Å².